The summed E-state index contributed by atoms with van der Waals surface area (Å²) in [5.41, 5.74) is 2.22. The maximum atomic E-state index is 12.4. The second-order valence-electron chi connectivity index (χ2n) is 5.34. The predicted molar refractivity (Wildman–Crippen MR) is 95.8 cm³/mol. The van der Waals surface area contributed by atoms with Gasteiger partial charge in [0.1, 0.15) is 23.1 Å². The number of pyridine rings is 1. The summed E-state index contributed by atoms with van der Waals surface area (Å²) in [6, 6.07) is 18.4. The molecule has 0 saturated carbocycles. The third-order valence-electron chi connectivity index (χ3n) is 3.92. The first-order valence-corrected chi connectivity index (χ1v) is 7.63. The van der Waals surface area contributed by atoms with E-state index in [1.165, 1.54) is 0 Å². The molecule has 1 heterocycles. The van der Waals surface area contributed by atoms with Gasteiger partial charge in [-0.3, -0.25) is 4.79 Å². The number of aromatic amines is 1. The summed E-state index contributed by atoms with van der Waals surface area (Å²) in [4.78, 5) is 15.2. The van der Waals surface area contributed by atoms with Crippen molar-refractivity contribution in [2.24, 2.45) is 0 Å². The maximum absolute atomic E-state index is 12.4. The maximum Gasteiger partial charge on any atom is 0.266 e. The average molecular weight is 332 g/mol. The number of rotatable bonds is 4. The van der Waals surface area contributed by atoms with Crippen molar-refractivity contribution in [2.75, 3.05) is 14.2 Å². The number of hydrogen-bond acceptors (Lipinski definition) is 4. The lowest BCUT2D eigenvalue weighted by atomic mass is 9.98. The number of methoxy groups -OCH3 is 2. The normalized spacial score (nSPS) is 10.1. The Balaban J connectivity index is 2.27. The molecule has 0 saturated heterocycles. The van der Waals surface area contributed by atoms with Crippen molar-refractivity contribution in [3.05, 3.63) is 70.5 Å². The molecule has 0 fully saturated rings. The largest absolute Gasteiger partial charge is 0.497 e. The molecule has 0 unspecified atom stereocenters. The Bertz CT molecular complexity index is 1020. The molecule has 0 radical (unpaired) electrons. The summed E-state index contributed by atoms with van der Waals surface area (Å²) < 4.78 is 10.6. The second kappa shape index (κ2) is 6.93. The monoisotopic (exact) mass is 332 g/mol. The predicted octanol–water partition coefficient (Wildman–Crippen LogP) is 3.60. The lowest BCUT2D eigenvalue weighted by molar-refractivity contribution is 0.415. The Labute approximate surface area is 145 Å². The van der Waals surface area contributed by atoms with E-state index in [4.69, 9.17) is 9.47 Å². The van der Waals surface area contributed by atoms with Gasteiger partial charge in [0.15, 0.2) is 0 Å². The third kappa shape index (κ3) is 3.10. The van der Waals surface area contributed by atoms with Crippen LogP contribution in [0.2, 0.25) is 0 Å². The van der Waals surface area contributed by atoms with Crippen LogP contribution in [-0.4, -0.2) is 19.2 Å². The fraction of sp³-hybridized carbons (Fsp3) is 0.100. The molecule has 0 bridgehead atoms. The Kier molecular flexibility index (Phi) is 4.53. The summed E-state index contributed by atoms with van der Waals surface area (Å²) >= 11 is 0. The molecule has 2 aromatic carbocycles. The van der Waals surface area contributed by atoms with E-state index in [0.29, 0.717) is 28.3 Å². The zero-order chi connectivity index (χ0) is 17.8. The van der Waals surface area contributed by atoms with Gasteiger partial charge in [0.05, 0.1) is 14.2 Å². The van der Waals surface area contributed by atoms with Crippen molar-refractivity contribution >= 4 is 0 Å². The van der Waals surface area contributed by atoms with Gasteiger partial charge in [0.2, 0.25) is 0 Å². The number of benzene rings is 2. The van der Waals surface area contributed by atoms with Crippen LogP contribution in [-0.2, 0) is 0 Å². The highest BCUT2D eigenvalue weighted by molar-refractivity contribution is 5.79. The molecule has 0 aliphatic heterocycles. The molecular formula is C20H16N2O3. The van der Waals surface area contributed by atoms with Gasteiger partial charge in [-0.15, -0.1) is 0 Å². The van der Waals surface area contributed by atoms with Crippen LogP contribution < -0.4 is 15.0 Å². The smallest absolute Gasteiger partial charge is 0.266 e. The SMILES string of the molecule is COc1cccc(-c2cc(-c3ccccc3OC)c(C#N)c(=O)[nH]2)c1. The van der Waals surface area contributed by atoms with Crippen LogP contribution in [0.3, 0.4) is 0 Å². The molecule has 1 N–H and O–H groups in total. The fourth-order valence-electron chi connectivity index (χ4n) is 2.70. The zero-order valence-electron chi connectivity index (χ0n) is 13.9. The highest BCUT2D eigenvalue weighted by Gasteiger charge is 2.15. The minimum Gasteiger partial charge on any atom is -0.497 e. The van der Waals surface area contributed by atoms with Crippen molar-refractivity contribution in [3.8, 4) is 40.0 Å². The molecule has 3 aromatic rings. The summed E-state index contributed by atoms with van der Waals surface area (Å²) in [6.07, 6.45) is 0. The Morgan fingerprint density at radius 1 is 0.960 bits per heavy atom. The number of nitriles is 1. The molecule has 5 heteroatoms. The van der Waals surface area contributed by atoms with Gasteiger partial charge in [-0.2, -0.15) is 5.26 Å². The van der Waals surface area contributed by atoms with E-state index >= 15 is 0 Å². The van der Waals surface area contributed by atoms with Gasteiger partial charge in [-0.25, -0.2) is 0 Å². The molecule has 5 nitrogen and oxygen atoms in total. The lowest BCUT2D eigenvalue weighted by Crippen LogP contribution is -2.13. The lowest BCUT2D eigenvalue weighted by Gasteiger charge is -2.12. The standard InChI is InChI=1S/C20H16N2O3/c1-24-14-7-5-6-13(10-14)18-11-16(17(12-21)20(23)22-18)15-8-3-4-9-19(15)25-2/h3-11H,1-2H3,(H,22,23). The van der Waals surface area contributed by atoms with Crippen molar-refractivity contribution < 1.29 is 9.47 Å². The number of hydrogen-bond donors (Lipinski definition) is 1. The van der Waals surface area contributed by atoms with Crippen molar-refractivity contribution in [2.45, 2.75) is 0 Å². The van der Waals surface area contributed by atoms with E-state index in [1.54, 1.807) is 26.4 Å². The Morgan fingerprint density at radius 2 is 1.76 bits per heavy atom. The van der Waals surface area contributed by atoms with Crippen LogP contribution in [0.4, 0.5) is 0 Å². The van der Waals surface area contributed by atoms with Crippen molar-refractivity contribution in [1.82, 2.24) is 4.98 Å². The summed E-state index contributed by atoms with van der Waals surface area (Å²) in [6.45, 7) is 0. The van der Waals surface area contributed by atoms with Gasteiger partial charge in [0.25, 0.3) is 5.56 Å². The molecule has 0 spiro atoms. The summed E-state index contributed by atoms with van der Waals surface area (Å²) in [5, 5.41) is 9.44. The number of para-hydroxylation sites is 1. The third-order valence-corrected chi connectivity index (χ3v) is 3.92. The van der Waals surface area contributed by atoms with E-state index in [0.717, 1.165) is 5.56 Å². The molecule has 0 atom stereocenters. The van der Waals surface area contributed by atoms with Gasteiger partial charge in [-0.05, 0) is 24.3 Å². The molecule has 0 aliphatic rings. The molecule has 25 heavy (non-hydrogen) atoms. The zero-order valence-corrected chi connectivity index (χ0v) is 13.9. The number of nitrogens with one attached hydrogen (secondary N) is 1. The van der Waals surface area contributed by atoms with Crippen LogP contribution in [0.5, 0.6) is 11.5 Å². The number of ether oxygens (including phenoxy) is 2. The highest BCUT2D eigenvalue weighted by atomic mass is 16.5. The molecule has 0 amide bonds. The Hall–Kier alpha value is -3.52. The van der Waals surface area contributed by atoms with Crippen molar-refractivity contribution in [3.63, 3.8) is 0 Å². The number of aromatic nitrogens is 1. The van der Waals surface area contributed by atoms with Gasteiger partial charge < -0.3 is 14.5 Å². The average Bonchev–Trinajstić information content (AvgIpc) is 2.67. The number of nitrogens with zero attached hydrogens (tertiary/aromatic N) is 1. The van der Waals surface area contributed by atoms with Crippen LogP contribution in [0.15, 0.2) is 59.4 Å². The van der Waals surface area contributed by atoms with Gasteiger partial charge >= 0.3 is 0 Å². The minimum absolute atomic E-state index is 0.0520. The van der Waals surface area contributed by atoms with Crippen molar-refractivity contribution in [1.29, 1.82) is 5.26 Å². The van der Waals surface area contributed by atoms with E-state index in [2.05, 4.69) is 4.98 Å². The first kappa shape index (κ1) is 16.3. The van der Waals surface area contributed by atoms with Crippen LogP contribution >= 0.6 is 0 Å². The summed E-state index contributed by atoms with van der Waals surface area (Å²) in [7, 11) is 3.14. The van der Waals surface area contributed by atoms with Crippen LogP contribution in [0.25, 0.3) is 22.4 Å². The second-order valence-corrected chi connectivity index (χ2v) is 5.34. The van der Waals surface area contributed by atoms with Crippen LogP contribution in [0, 0.1) is 11.3 Å². The fourth-order valence-corrected chi connectivity index (χ4v) is 2.70. The van der Waals surface area contributed by atoms with Gasteiger partial charge in [0, 0.05) is 22.4 Å². The van der Waals surface area contributed by atoms with E-state index in [1.807, 2.05) is 48.5 Å². The topological polar surface area (TPSA) is 75.1 Å². The highest BCUT2D eigenvalue weighted by Crippen LogP contribution is 2.33. The van der Waals surface area contributed by atoms with Crippen LogP contribution in [0.1, 0.15) is 5.56 Å². The minimum atomic E-state index is -0.441. The molecule has 3 rings (SSSR count). The quantitative estimate of drug-likeness (QED) is 0.792. The van der Waals surface area contributed by atoms with E-state index in [-0.39, 0.29) is 5.56 Å². The van der Waals surface area contributed by atoms with Gasteiger partial charge in [-0.1, -0.05) is 30.3 Å². The molecule has 0 aliphatic carbocycles. The molecular weight excluding hydrogens is 316 g/mol. The summed E-state index contributed by atoms with van der Waals surface area (Å²) in [5.74, 6) is 1.28. The molecule has 124 valence electrons. The number of H-pyrrole nitrogens is 1. The molecule has 1 aromatic heterocycles. The Morgan fingerprint density at radius 3 is 2.48 bits per heavy atom. The van der Waals surface area contributed by atoms with E-state index < -0.39 is 5.56 Å². The van der Waals surface area contributed by atoms with E-state index in [9.17, 15) is 10.1 Å². The first-order valence-electron chi connectivity index (χ1n) is 7.63. The first-order chi connectivity index (χ1) is 12.2.